The van der Waals surface area contributed by atoms with E-state index in [-0.39, 0.29) is 5.82 Å². The standard InChI is InChI=1S/C19H16FN5/c20-14-10-13-4-3-5-21-17(13)15(11-14)16-12-23-19-18(22-6-9-25(16)19)24-7-1-2-8-24/h3-6,9-12H,1-2,7-8H2. The first kappa shape index (κ1) is 14.3. The Morgan fingerprint density at radius 2 is 1.88 bits per heavy atom. The van der Waals surface area contributed by atoms with E-state index >= 15 is 0 Å². The molecule has 4 heterocycles. The van der Waals surface area contributed by atoms with Gasteiger partial charge in [0.05, 0.1) is 17.4 Å². The highest BCUT2D eigenvalue weighted by Gasteiger charge is 2.19. The lowest BCUT2D eigenvalue weighted by atomic mass is 10.1. The summed E-state index contributed by atoms with van der Waals surface area (Å²) in [5, 5.41) is 0.779. The van der Waals surface area contributed by atoms with Gasteiger partial charge in [0, 0.05) is 42.6 Å². The number of hydrogen-bond acceptors (Lipinski definition) is 4. The zero-order chi connectivity index (χ0) is 16.8. The fourth-order valence-electron chi connectivity index (χ4n) is 3.61. The zero-order valence-electron chi connectivity index (χ0n) is 13.6. The summed E-state index contributed by atoms with van der Waals surface area (Å²) < 4.78 is 16.1. The fourth-order valence-corrected chi connectivity index (χ4v) is 3.61. The smallest absolute Gasteiger partial charge is 0.180 e. The number of imidazole rings is 1. The van der Waals surface area contributed by atoms with Gasteiger partial charge in [-0.05, 0) is 31.0 Å². The number of pyridine rings is 1. The molecule has 0 amide bonds. The lowest BCUT2D eigenvalue weighted by Crippen LogP contribution is -2.19. The van der Waals surface area contributed by atoms with Crippen molar-refractivity contribution in [3.63, 3.8) is 0 Å². The maximum Gasteiger partial charge on any atom is 0.180 e. The first-order valence-corrected chi connectivity index (χ1v) is 8.43. The van der Waals surface area contributed by atoms with Gasteiger partial charge in [-0.3, -0.25) is 9.38 Å². The number of fused-ring (bicyclic) bond motifs is 2. The second-order valence-corrected chi connectivity index (χ2v) is 6.31. The van der Waals surface area contributed by atoms with E-state index in [1.54, 1.807) is 18.6 Å². The van der Waals surface area contributed by atoms with Crippen LogP contribution >= 0.6 is 0 Å². The molecule has 4 aromatic rings. The van der Waals surface area contributed by atoms with Crippen LogP contribution in [0.3, 0.4) is 0 Å². The highest BCUT2D eigenvalue weighted by molar-refractivity contribution is 5.93. The Morgan fingerprint density at radius 3 is 2.76 bits per heavy atom. The van der Waals surface area contributed by atoms with Gasteiger partial charge in [-0.15, -0.1) is 0 Å². The van der Waals surface area contributed by atoms with E-state index in [9.17, 15) is 4.39 Å². The maximum atomic E-state index is 14.1. The van der Waals surface area contributed by atoms with Crippen molar-refractivity contribution < 1.29 is 4.39 Å². The summed E-state index contributed by atoms with van der Waals surface area (Å²) in [7, 11) is 0. The molecule has 1 fully saturated rings. The molecule has 1 saturated heterocycles. The fraction of sp³-hybridized carbons (Fsp3) is 0.211. The van der Waals surface area contributed by atoms with Gasteiger partial charge in [-0.25, -0.2) is 14.4 Å². The molecular formula is C19H16FN5. The van der Waals surface area contributed by atoms with Crippen molar-refractivity contribution in [1.29, 1.82) is 0 Å². The maximum absolute atomic E-state index is 14.1. The van der Waals surface area contributed by atoms with Crippen LogP contribution in [0, 0.1) is 5.82 Å². The van der Waals surface area contributed by atoms with Gasteiger partial charge in [0.15, 0.2) is 11.5 Å². The number of rotatable bonds is 2. The van der Waals surface area contributed by atoms with E-state index in [1.165, 1.54) is 25.0 Å². The molecule has 25 heavy (non-hydrogen) atoms. The van der Waals surface area contributed by atoms with E-state index in [4.69, 9.17) is 0 Å². The summed E-state index contributed by atoms with van der Waals surface area (Å²) >= 11 is 0. The van der Waals surface area contributed by atoms with Gasteiger partial charge in [-0.1, -0.05) is 6.07 Å². The third-order valence-corrected chi connectivity index (χ3v) is 4.76. The van der Waals surface area contributed by atoms with Crippen LogP contribution in [0.2, 0.25) is 0 Å². The molecule has 0 aliphatic carbocycles. The molecular weight excluding hydrogens is 317 g/mol. The van der Waals surface area contributed by atoms with Crippen molar-refractivity contribution in [1.82, 2.24) is 19.4 Å². The van der Waals surface area contributed by atoms with Crippen LogP contribution in [-0.2, 0) is 0 Å². The molecule has 6 heteroatoms. The zero-order valence-corrected chi connectivity index (χ0v) is 13.6. The number of anilines is 1. The summed E-state index contributed by atoms with van der Waals surface area (Å²) in [5.74, 6) is 0.610. The normalized spacial score (nSPS) is 14.7. The van der Waals surface area contributed by atoms with Crippen LogP contribution in [0.4, 0.5) is 10.2 Å². The van der Waals surface area contributed by atoms with Gasteiger partial charge in [0.1, 0.15) is 5.82 Å². The third-order valence-electron chi connectivity index (χ3n) is 4.76. The first-order valence-electron chi connectivity index (χ1n) is 8.43. The minimum absolute atomic E-state index is 0.278. The molecule has 1 aliphatic rings. The number of halogens is 1. The van der Waals surface area contributed by atoms with Crippen molar-refractivity contribution in [2.24, 2.45) is 0 Å². The molecule has 0 spiro atoms. The Morgan fingerprint density at radius 1 is 1.00 bits per heavy atom. The minimum atomic E-state index is -0.278. The summed E-state index contributed by atoms with van der Waals surface area (Å²) in [6, 6.07) is 6.71. The van der Waals surface area contributed by atoms with Crippen LogP contribution in [0.5, 0.6) is 0 Å². The average molecular weight is 333 g/mol. The van der Waals surface area contributed by atoms with E-state index < -0.39 is 0 Å². The molecule has 0 unspecified atom stereocenters. The summed E-state index contributed by atoms with van der Waals surface area (Å²) in [6.07, 6.45) is 9.50. The van der Waals surface area contributed by atoms with Crippen molar-refractivity contribution in [3.8, 4) is 11.3 Å². The predicted octanol–water partition coefficient (Wildman–Crippen LogP) is 3.68. The summed E-state index contributed by atoms with van der Waals surface area (Å²) in [4.78, 5) is 15.8. The lowest BCUT2D eigenvalue weighted by molar-refractivity contribution is 0.630. The molecule has 1 aliphatic heterocycles. The Labute approximate surface area is 143 Å². The van der Waals surface area contributed by atoms with Crippen molar-refractivity contribution in [3.05, 3.63) is 54.9 Å². The van der Waals surface area contributed by atoms with Crippen molar-refractivity contribution >= 4 is 22.4 Å². The van der Waals surface area contributed by atoms with Crippen molar-refractivity contribution in [2.45, 2.75) is 12.8 Å². The number of hydrogen-bond donors (Lipinski definition) is 0. The Hall–Kier alpha value is -3.02. The topological polar surface area (TPSA) is 46.3 Å². The second kappa shape index (κ2) is 5.51. The van der Waals surface area contributed by atoms with Gasteiger partial charge in [-0.2, -0.15) is 0 Å². The van der Waals surface area contributed by atoms with Crippen LogP contribution in [0.25, 0.3) is 27.8 Å². The first-order chi connectivity index (χ1) is 12.3. The van der Waals surface area contributed by atoms with Gasteiger partial charge in [0.2, 0.25) is 0 Å². The largest absolute Gasteiger partial charge is 0.354 e. The molecule has 1 aromatic carbocycles. The predicted molar refractivity (Wildman–Crippen MR) is 95.1 cm³/mol. The average Bonchev–Trinajstić information content (AvgIpc) is 3.30. The Balaban J connectivity index is 1.76. The molecule has 0 saturated carbocycles. The van der Waals surface area contributed by atoms with E-state index in [2.05, 4.69) is 19.9 Å². The quantitative estimate of drug-likeness (QED) is 0.561. The van der Waals surface area contributed by atoms with Gasteiger partial charge in [0.25, 0.3) is 0 Å². The molecule has 0 bridgehead atoms. The second-order valence-electron chi connectivity index (χ2n) is 6.31. The summed E-state index contributed by atoms with van der Waals surface area (Å²) in [6.45, 7) is 2.00. The third kappa shape index (κ3) is 2.25. The monoisotopic (exact) mass is 333 g/mol. The molecule has 124 valence electrons. The molecule has 3 aromatic heterocycles. The highest BCUT2D eigenvalue weighted by atomic mass is 19.1. The minimum Gasteiger partial charge on any atom is -0.354 e. The van der Waals surface area contributed by atoms with Gasteiger partial charge >= 0.3 is 0 Å². The molecule has 5 rings (SSSR count). The molecule has 0 N–H and O–H groups in total. The Kier molecular flexibility index (Phi) is 3.16. The van der Waals surface area contributed by atoms with Crippen molar-refractivity contribution in [2.75, 3.05) is 18.0 Å². The van der Waals surface area contributed by atoms with E-state index in [0.29, 0.717) is 0 Å². The van der Waals surface area contributed by atoms with Crippen LogP contribution in [0.1, 0.15) is 12.8 Å². The number of aromatic nitrogens is 4. The van der Waals surface area contributed by atoms with Crippen LogP contribution in [-0.4, -0.2) is 32.4 Å². The van der Waals surface area contributed by atoms with E-state index in [0.717, 1.165) is 46.7 Å². The summed E-state index contributed by atoms with van der Waals surface area (Å²) in [5.41, 5.74) is 3.13. The van der Waals surface area contributed by atoms with Crippen LogP contribution in [0.15, 0.2) is 49.1 Å². The molecule has 0 atom stereocenters. The molecule has 0 radical (unpaired) electrons. The number of nitrogens with zero attached hydrogens (tertiary/aromatic N) is 5. The lowest BCUT2D eigenvalue weighted by Gasteiger charge is -2.16. The highest BCUT2D eigenvalue weighted by Crippen LogP contribution is 2.31. The Bertz CT molecular complexity index is 1080. The van der Waals surface area contributed by atoms with E-state index in [1.807, 2.05) is 22.7 Å². The SMILES string of the molecule is Fc1cc(-c2cnc3c(N4CCCC4)nccn23)c2ncccc2c1. The van der Waals surface area contributed by atoms with Crippen LogP contribution < -0.4 is 4.90 Å². The molecule has 5 nitrogen and oxygen atoms in total. The number of benzene rings is 1. The van der Waals surface area contributed by atoms with Gasteiger partial charge < -0.3 is 4.90 Å².